The Bertz CT molecular complexity index is 1420. The molecule has 0 fully saturated rings. The van der Waals surface area contributed by atoms with Crippen LogP contribution in [-0.4, -0.2) is 49.3 Å². The summed E-state index contributed by atoms with van der Waals surface area (Å²) in [5.41, 5.74) is 5.34. The van der Waals surface area contributed by atoms with Crippen molar-refractivity contribution in [3.63, 3.8) is 0 Å². The molecule has 0 aliphatic rings. The maximum atomic E-state index is 12.6. The third-order valence-corrected chi connectivity index (χ3v) is 9.03. The molecule has 10 heteroatoms. The number of carbonyl (C=O) groups is 2. The Morgan fingerprint density at radius 3 is 1.34 bits per heavy atom. The van der Waals surface area contributed by atoms with Crippen LogP contribution in [0.2, 0.25) is 0 Å². The van der Waals surface area contributed by atoms with Gasteiger partial charge >= 0.3 is 19.8 Å². The van der Waals surface area contributed by atoms with E-state index in [2.05, 4.69) is 135 Å². The first kappa shape index (κ1) is 55.2. The highest BCUT2D eigenvalue weighted by molar-refractivity contribution is 7.47. The lowest BCUT2D eigenvalue weighted by atomic mass is 10.1. The van der Waals surface area contributed by atoms with Gasteiger partial charge in [-0.15, -0.1) is 0 Å². The summed E-state index contributed by atoms with van der Waals surface area (Å²) in [5, 5.41) is 0. The van der Waals surface area contributed by atoms with Crippen LogP contribution < -0.4 is 5.73 Å². The molecule has 0 saturated heterocycles. The topological polar surface area (TPSA) is 134 Å². The van der Waals surface area contributed by atoms with Gasteiger partial charge < -0.3 is 20.1 Å². The SMILES string of the molecule is CC/C=C\C/C=C\C/C=C\C/C=C\C/C=C\C/C=C\CCC(=O)OC[C@H](COP(=O)(O)OCCN)OC(=O)CCCCC/C=C\C/C=C\C/C=C\C/C=C\C/C=C\CC. The maximum absolute atomic E-state index is 12.6. The van der Waals surface area contributed by atoms with Crippen molar-refractivity contribution >= 4 is 19.8 Å². The summed E-state index contributed by atoms with van der Waals surface area (Å²) in [7, 11) is -4.42. The van der Waals surface area contributed by atoms with Crippen LogP contribution in [0.1, 0.15) is 129 Å². The Morgan fingerprint density at radius 2 is 0.915 bits per heavy atom. The van der Waals surface area contributed by atoms with Crippen molar-refractivity contribution in [1.82, 2.24) is 0 Å². The molecular weight excluding hydrogens is 762 g/mol. The average molecular weight is 838 g/mol. The van der Waals surface area contributed by atoms with Crippen molar-refractivity contribution < 1.29 is 37.6 Å². The largest absolute Gasteiger partial charge is 0.472 e. The van der Waals surface area contributed by atoms with Crippen molar-refractivity contribution in [3.8, 4) is 0 Å². The quantitative estimate of drug-likeness (QED) is 0.0270. The number of phosphoric ester groups is 1. The fourth-order valence-corrected chi connectivity index (χ4v) is 5.68. The van der Waals surface area contributed by atoms with E-state index in [1.165, 1.54) is 0 Å². The number of unbranched alkanes of at least 4 members (excludes halogenated alkanes) is 3. The number of ether oxygens (including phenoxy) is 2. The van der Waals surface area contributed by atoms with E-state index in [0.29, 0.717) is 12.8 Å². The van der Waals surface area contributed by atoms with Crippen molar-refractivity contribution in [2.45, 2.75) is 136 Å². The lowest BCUT2D eigenvalue weighted by molar-refractivity contribution is -0.161. The fourth-order valence-electron chi connectivity index (χ4n) is 4.92. The highest BCUT2D eigenvalue weighted by Gasteiger charge is 2.25. The number of nitrogens with two attached hydrogens (primary N) is 1. The van der Waals surface area contributed by atoms with Gasteiger partial charge in [-0.25, -0.2) is 4.57 Å². The zero-order chi connectivity index (χ0) is 43.2. The van der Waals surface area contributed by atoms with Crippen molar-refractivity contribution in [2.75, 3.05) is 26.4 Å². The molecule has 0 rings (SSSR count). The Hall–Kier alpha value is -3.85. The molecule has 0 aromatic rings. The molecule has 0 aliphatic heterocycles. The van der Waals surface area contributed by atoms with E-state index in [1.807, 2.05) is 12.2 Å². The van der Waals surface area contributed by atoms with Crippen molar-refractivity contribution in [3.05, 3.63) is 134 Å². The van der Waals surface area contributed by atoms with Gasteiger partial charge in [-0.05, 0) is 96.3 Å². The monoisotopic (exact) mass is 838 g/mol. The molecule has 9 nitrogen and oxygen atoms in total. The van der Waals surface area contributed by atoms with Crippen LogP contribution in [0.3, 0.4) is 0 Å². The van der Waals surface area contributed by atoms with Gasteiger partial charge in [-0.1, -0.05) is 154 Å². The molecule has 1 unspecified atom stereocenters. The van der Waals surface area contributed by atoms with Gasteiger partial charge in [-0.2, -0.15) is 0 Å². The Morgan fingerprint density at radius 1 is 0.508 bits per heavy atom. The molecule has 0 heterocycles. The summed E-state index contributed by atoms with van der Waals surface area (Å²) in [6.07, 6.45) is 60.7. The Kier molecular flexibility index (Phi) is 40.9. The summed E-state index contributed by atoms with van der Waals surface area (Å²) in [6, 6.07) is 0. The second-order valence-corrected chi connectivity index (χ2v) is 14.9. The van der Waals surface area contributed by atoms with Gasteiger partial charge in [0.1, 0.15) is 6.61 Å². The van der Waals surface area contributed by atoms with Crippen molar-refractivity contribution in [2.24, 2.45) is 5.73 Å². The van der Waals surface area contributed by atoms with Crippen molar-refractivity contribution in [1.29, 1.82) is 0 Å². The van der Waals surface area contributed by atoms with E-state index in [4.69, 9.17) is 24.3 Å². The number of phosphoric acid groups is 1. The standard InChI is InChI=1S/C49H76NO8P/c1-3-5-7-9-11-13-15-17-19-21-23-25-27-29-31-33-35-37-39-41-48(51)55-45-47(46-57-59(53,54)56-44-43-50)58-49(52)42-40-38-36-34-32-30-28-26-24-22-20-18-16-14-12-10-8-6-4-2/h5-8,11-14,17-20,23-26,29-32,35,37,47H,3-4,9-10,15-16,21-22,27-28,33-34,36,38-46,50H2,1-2H3,(H,53,54)/b7-5-,8-6-,13-11-,14-12-,19-17-,20-18-,25-23-,26-24-,31-29-,32-30-,37-35-/t47-/m1/s1. The van der Waals surface area contributed by atoms with Gasteiger partial charge in [0.2, 0.25) is 0 Å². The van der Waals surface area contributed by atoms with Crippen LogP contribution in [0, 0.1) is 0 Å². The number of hydrogen-bond acceptors (Lipinski definition) is 8. The lowest BCUT2D eigenvalue weighted by Crippen LogP contribution is -2.29. The minimum atomic E-state index is -4.42. The number of hydrogen-bond donors (Lipinski definition) is 2. The third kappa shape index (κ3) is 43.6. The molecular formula is C49H76NO8P. The summed E-state index contributed by atoms with van der Waals surface area (Å²) in [6.45, 7) is 3.34. The minimum absolute atomic E-state index is 0.0295. The summed E-state index contributed by atoms with van der Waals surface area (Å²) < 4.78 is 32.7. The molecule has 0 radical (unpaired) electrons. The highest BCUT2D eigenvalue weighted by atomic mass is 31.2. The van der Waals surface area contributed by atoms with Gasteiger partial charge in [0, 0.05) is 19.4 Å². The number of esters is 2. The van der Waals surface area contributed by atoms with E-state index in [-0.39, 0.29) is 32.6 Å². The second kappa shape index (κ2) is 43.7. The second-order valence-electron chi connectivity index (χ2n) is 13.4. The first-order valence-electron chi connectivity index (χ1n) is 21.7. The normalized spacial score (nSPS) is 14.6. The van der Waals surface area contributed by atoms with Gasteiger partial charge in [0.25, 0.3) is 0 Å². The number of carbonyl (C=O) groups excluding carboxylic acids is 2. The molecule has 2 atom stereocenters. The zero-order valence-corrected chi connectivity index (χ0v) is 37.1. The zero-order valence-electron chi connectivity index (χ0n) is 36.2. The minimum Gasteiger partial charge on any atom is -0.462 e. The number of allylic oxidation sites excluding steroid dienone is 22. The average Bonchev–Trinajstić information content (AvgIpc) is 3.22. The van der Waals surface area contributed by atoms with Crippen LogP contribution in [0.4, 0.5) is 0 Å². The predicted octanol–water partition coefficient (Wildman–Crippen LogP) is 12.7. The van der Waals surface area contributed by atoms with Crippen LogP contribution in [0.15, 0.2) is 134 Å². The molecule has 59 heavy (non-hydrogen) atoms. The third-order valence-electron chi connectivity index (χ3n) is 8.05. The molecule has 330 valence electrons. The summed E-state index contributed by atoms with van der Waals surface area (Å²) >= 11 is 0. The predicted molar refractivity (Wildman–Crippen MR) is 247 cm³/mol. The fraction of sp³-hybridized carbons (Fsp3) is 0.510. The molecule has 0 saturated carbocycles. The van der Waals surface area contributed by atoms with E-state index in [9.17, 15) is 19.0 Å². The first-order chi connectivity index (χ1) is 28.8. The molecule has 0 amide bonds. The molecule has 0 aromatic heterocycles. The van der Waals surface area contributed by atoms with Gasteiger partial charge in [-0.3, -0.25) is 18.6 Å². The van der Waals surface area contributed by atoms with E-state index in [0.717, 1.165) is 89.9 Å². The lowest BCUT2D eigenvalue weighted by Gasteiger charge is -2.19. The Labute approximate surface area is 357 Å². The van der Waals surface area contributed by atoms with Crippen LogP contribution in [-0.2, 0) is 32.7 Å². The van der Waals surface area contributed by atoms with Crippen LogP contribution in [0.25, 0.3) is 0 Å². The summed E-state index contributed by atoms with van der Waals surface area (Å²) in [4.78, 5) is 34.9. The maximum Gasteiger partial charge on any atom is 0.472 e. The number of rotatable bonds is 38. The van der Waals surface area contributed by atoms with Crippen LogP contribution >= 0.6 is 7.82 Å². The molecule has 0 spiro atoms. The molecule has 0 aliphatic carbocycles. The smallest absolute Gasteiger partial charge is 0.462 e. The van der Waals surface area contributed by atoms with Crippen LogP contribution in [0.5, 0.6) is 0 Å². The first-order valence-corrected chi connectivity index (χ1v) is 23.2. The van der Waals surface area contributed by atoms with E-state index in [1.54, 1.807) is 0 Å². The molecule has 3 N–H and O–H groups in total. The highest BCUT2D eigenvalue weighted by Crippen LogP contribution is 2.43. The molecule has 0 bridgehead atoms. The van der Waals surface area contributed by atoms with Gasteiger partial charge in [0.15, 0.2) is 6.10 Å². The van der Waals surface area contributed by atoms with E-state index < -0.39 is 32.5 Å². The summed E-state index contributed by atoms with van der Waals surface area (Å²) in [5.74, 6) is -0.981. The van der Waals surface area contributed by atoms with E-state index >= 15 is 0 Å². The Balaban J connectivity index is 4.38. The molecule has 0 aromatic carbocycles. The van der Waals surface area contributed by atoms with Gasteiger partial charge in [0.05, 0.1) is 13.2 Å².